The Hall–Kier alpha value is -2.71. The van der Waals surface area contributed by atoms with Gasteiger partial charge in [-0.3, -0.25) is 4.79 Å². The quantitative estimate of drug-likeness (QED) is 0.941. The molecule has 23 heavy (non-hydrogen) atoms. The molecule has 5 heteroatoms. The summed E-state index contributed by atoms with van der Waals surface area (Å²) < 4.78 is 5.30. The smallest absolute Gasteiger partial charge is 0.251 e. The van der Waals surface area contributed by atoms with E-state index in [1.54, 1.807) is 24.3 Å². The van der Waals surface area contributed by atoms with E-state index in [4.69, 9.17) is 10.00 Å². The number of carbonyl (C=O) groups is 1. The molecule has 116 valence electrons. The minimum Gasteiger partial charge on any atom is -0.381 e. The number of rotatable bonds is 4. The van der Waals surface area contributed by atoms with Gasteiger partial charge < -0.3 is 10.1 Å². The van der Waals surface area contributed by atoms with E-state index in [2.05, 4.69) is 10.3 Å². The third-order valence-corrected chi connectivity index (χ3v) is 3.88. The van der Waals surface area contributed by atoms with Crippen molar-refractivity contribution in [3.63, 3.8) is 0 Å². The Bertz CT molecular complexity index is 729. The van der Waals surface area contributed by atoms with Crippen molar-refractivity contribution in [1.82, 2.24) is 10.3 Å². The van der Waals surface area contributed by atoms with Crippen molar-refractivity contribution in [3.05, 3.63) is 53.7 Å². The average molecular weight is 307 g/mol. The summed E-state index contributed by atoms with van der Waals surface area (Å²) in [5.41, 5.74) is 2.59. The second-order valence-corrected chi connectivity index (χ2v) is 5.54. The lowest BCUT2D eigenvalue weighted by atomic mass is 10.1. The molecule has 0 unspecified atom stereocenters. The summed E-state index contributed by atoms with van der Waals surface area (Å²) in [6, 6.07) is 14.6. The zero-order valence-electron chi connectivity index (χ0n) is 12.7. The van der Waals surface area contributed by atoms with Gasteiger partial charge in [-0.1, -0.05) is 18.2 Å². The highest BCUT2D eigenvalue weighted by Gasteiger charge is 2.16. The molecule has 3 rings (SSSR count). The predicted molar refractivity (Wildman–Crippen MR) is 85.6 cm³/mol. The molecular formula is C18H17N3O2. The lowest BCUT2D eigenvalue weighted by Crippen LogP contribution is -2.29. The minimum atomic E-state index is -0.0813. The molecule has 1 aliphatic rings. The Morgan fingerprint density at radius 3 is 2.83 bits per heavy atom. The van der Waals surface area contributed by atoms with Gasteiger partial charge in [0.05, 0.1) is 12.3 Å². The van der Waals surface area contributed by atoms with Crippen molar-refractivity contribution in [1.29, 1.82) is 5.26 Å². The Kier molecular flexibility index (Phi) is 4.65. The number of benzene rings is 1. The van der Waals surface area contributed by atoms with Gasteiger partial charge in [0.15, 0.2) is 0 Å². The monoisotopic (exact) mass is 307 g/mol. The Balaban J connectivity index is 1.66. The number of nitrogens with zero attached hydrogens (tertiary/aromatic N) is 2. The van der Waals surface area contributed by atoms with Crippen LogP contribution in [0.2, 0.25) is 0 Å². The molecule has 1 amide bonds. The predicted octanol–water partition coefficient (Wildman–Crippen LogP) is 2.39. The van der Waals surface area contributed by atoms with Crippen LogP contribution in [0.3, 0.4) is 0 Å². The Morgan fingerprint density at radius 2 is 2.13 bits per heavy atom. The Labute approximate surface area is 134 Å². The van der Waals surface area contributed by atoms with Crippen molar-refractivity contribution in [2.24, 2.45) is 5.92 Å². The fraction of sp³-hybridized carbons (Fsp3) is 0.278. The van der Waals surface area contributed by atoms with Crippen molar-refractivity contribution in [2.45, 2.75) is 6.42 Å². The number of amides is 1. The van der Waals surface area contributed by atoms with E-state index in [0.717, 1.165) is 30.9 Å². The molecule has 0 saturated carbocycles. The van der Waals surface area contributed by atoms with Crippen molar-refractivity contribution in [3.8, 4) is 17.3 Å². The molecular weight excluding hydrogens is 290 g/mol. The van der Waals surface area contributed by atoms with Gasteiger partial charge in [0.2, 0.25) is 0 Å². The van der Waals surface area contributed by atoms with Crippen LogP contribution in [0.25, 0.3) is 11.3 Å². The number of hydrogen-bond acceptors (Lipinski definition) is 4. The van der Waals surface area contributed by atoms with Crippen LogP contribution in [0.15, 0.2) is 42.5 Å². The molecule has 1 aromatic heterocycles. The summed E-state index contributed by atoms with van der Waals surface area (Å²) in [6.07, 6.45) is 1.00. The third kappa shape index (κ3) is 3.74. The molecule has 0 radical (unpaired) electrons. The summed E-state index contributed by atoms with van der Waals surface area (Å²) in [5, 5.41) is 11.8. The van der Waals surface area contributed by atoms with E-state index < -0.39 is 0 Å². The summed E-state index contributed by atoms with van der Waals surface area (Å²) in [6.45, 7) is 2.15. The van der Waals surface area contributed by atoms with Crippen LogP contribution < -0.4 is 5.32 Å². The van der Waals surface area contributed by atoms with Gasteiger partial charge in [-0.25, -0.2) is 4.98 Å². The maximum absolute atomic E-state index is 12.1. The first-order valence-electron chi connectivity index (χ1n) is 7.60. The van der Waals surface area contributed by atoms with Gasteiger partial charge >= 0.3 is 0 Å². The largest absolute Gasteiger partial charge is 0.381 e. The first-order chi connectivity index (χ1) is 11.3. The van der Waals surface area contributed by atoms with Gasteiger partial charge in [-0.15, -0.1) is 0 Å². The van der Waals surface area contributed by atoms with Crippen LogP contribution >= 0.6 is 0 Å². The van der Waals surface area contributed by atoms with E-state index in [-0.39, 0.29) is 5.91 Å². The molecule has 1 aromatic carbocycles. The number of hydrogen-bond donors (Lipinski definition) is 1. The van der Waals surface area contributed by atoms with Crippen molar-refractivity contribution < 1.29 is 9.53 Å². The highest BCUT2D eigenvalue weighted by Crippen LogP contribution is 2.18. The SMILES string of the molecule is N#Cc1cccc(-c2ccc(C(=O)NC[C@@H]3CCOC3)cc2)n1. The fourth-order valence-electron chi connectivity index (χ4n) is 2.53. The zero-order chi connectivity index (χ0) is 16.1. The Morgan fingerprint density at radius 1 is 1.30 bits per heavy atom. The standard InChI is InChI=1S/C18H17N3O2/c19-10-16-2-1-3-17(21-16)14-4-6-15(7-5-14)18(22)20-11-13-8-9-23-12-13/h1-7,13H,8-9,11-12H2,(H,20,22)/t13-/m0/s1. The first kappa shape index (κ1) is 15.2. The number of aromatic nitrogens is 1. The summed E-state index contributed by atoms with van der Waals surface area (Å²) in [7, 11) is 0. The highest BCUT2D eigenvalue weighted by molar-refractivity contribution is 5.94. The summed E-state index contributed by atoms with van der Waals surface area (Å²) in [5.74, 6) is 0.332. The van der Waals surface area contributed by atoms with E-state index in [1.807, 2.05) is 24.3 Å². The van der Waals surface area contributed by atoms with Crippen molar-refractivity contribution in [2.75, 3.05) is 19.8 Å². The molecule has 1 atom stereocenters. The van der Waals surface area contributed by atoms with Crippen LogP contribution in [0.1, 0.15) is 22.5 Å². The zero-order valence-corrected chi connectivity index (χ0v) is 12.7. The molecule has 0 aliphatic carbocycles. The number of pyridine rings is 1. The maximum atomic E-state index is 12.1. The summed E-state index contributed by atoms with van der Waals surface area (Å²) >= 11 is 0. The van der Waals surface area contributed by atoms with Crippen molar-refractivity contribution >= 4 is 5.91 Å². The molecule has 0 spiro atoms. The molecule has 1 aliphatic heterocycles. The minimum absolute atomic E-state index is 0.0813. The van der Waals surface area contributed by atoms with Gasteiger partial charge in [-0.05, 0) is 30.7 Å². The third-order valence-electron chi connectivity index (χ3n) is 3.88. The van der Waals surface area contributed by atoms with E-state index in [0.29, 0.717) is 23.7 Å². The topological polar surface area (TPSA) is 75.0 Å². The lowest BCUT2D eigenvalue weighted by molar-refractivity contribution is 0.0945. The molecule has 2 heterocycles. The highest BCUT2D eigenvalue weighted by atomic mass is 16.5. The molecule has 1 N–H and O–H groups in total. The van der Waals surface area contributed by atoms with Gasteiger partial charge in [0.1, 0.15) is 11.8 Å². The van der Waals surface area contributed by atoms with E-state index >= 15 is 0 Å². The number of carbonyl (C=O) groups excluding carboxylic acids is 1. The van der Waals surface area contributed by atoms with Gasteiger partial charge in [0, 0.05) is 30.2 Å². The van der Waals surface area contributed by atoms with E-state index in [9.17, 15) is 4.79 Å². The van der Waals surface area contributed by atoms with Crippen LogP contribution in [-0.2, 0) is 4.74 Å². The van der Waals surface area contributed by atoms with Gasteiger partial charge in [0.25, 0.3) is 5.91 Å². The summed E-state index contributed by atoms with van der Waals surface area (Å²) in [4.78, 5) is 16.4. The van der Waals surface area contributed by atoms with Crippen LogP contribution in [0, 0.1) is 17.2 Å². The molecule has 2 aromatic rings. The average Bonchev–Trinajstić information content (AvgIpc) is 3.13. The number of nitrogens with one attached hydrogen (secondary N) is 1. The molecule has 5 nitrogen and oxygen atoms in total. The fourth-order valence-corrected chi connectivity index (χ4v) is 2.53. The van der Waals surface area contributed by atoms with Crippen LogP contribution in [0.4, 0.5) is 0 Å². The van der Waals surface area contributed by atoms with Crippen LogP contribution in [-0.4, -0.2) is 30.6 Å². The molecule has 0 bridgehead atoms. The van der Waals surface area contributed by atoms with E-state index in [1.165, 1.54) is 0 Å². The normalized spacial score (nSPS) is 16.7. The maximum Gasteiger partial charge on any atom is 0.251 e. The molecule has 1 saturated heterocycles. The number of nitriles is 1. The second-order valence-electron chi connectivity index (χ2n) is 5.54. The van der Waals surface area contributed by atoms with Crippen LogP contribution in [0.5, 0.6) is 0 Å². The molecule has 1 fully saturated rings. The first-order valence-corrected chi connectivity index (χ1v) is 7.60. The number of ether oxygens (including phenoxy) is 1. The van der Waals surface area contributed by atoms with Gasteiger partial charge in [-0.2, -0.15) is 5.26 Å². The lowest BCUT2D eigenvalue weighted by Gasteiger charge is -2.10. The second kappa shape index (κ2) is 7.03.